The fourth-order valence-electron chi connectivity index (χ4n) is 3.68. The molecule has 0 spiro atoms. The maximum absolute atomic E-state index is 13.1. The van der Waals surface area contributed by atoms with Gasteiger partial charge in [0.1, 0.15) is 5.75 Å². The molecule has 1 N–H and O–H groups in total. The van der Waals surface area contributed by atoms with E-state index in [1.165, 1.54) is 0 Å². The highest BCUT2D eigenvalue weighted by molar-refractivity contribution is 7.91. The lowest BCUT2D eigenvalue weighted by Crippen LogP contribution is -2.22. The van der Waals surface area contributed by atoms with Crippen molar-refractivity contribution in [1.82, 2.24) is 10.3 Å². The van der Waals surface area contributed by atoms with Crippen molar-refractivity contribution in [3.63, 3.8) is 0 Å². The molecule has 1 amide bonds. The second kappa shape index (κ2) is 8.64. The number of sulfone groups is 1. The SMILES string of the molecule is COc1ccc2cc(S(=O)(=O)c3ccc(CNC(=O)c4cc5ccncc5o4)cc3)ccc2c1. The summed E-state index contributed by atoms with van der Waals surface area (Å²) in [5.74, 6) is 0.542. The lowest BCUT2D eigenvalue weighted by molar-refractivity contribution is 0.0925. The standard InChI is InChI=1S/C26H20N2O5S/c1-32-21-6-4-19-13-23(9-5-18(19)12-21)34(30,31)22-7-2-17(3-8-22)15-28-26(29)24-14-20-10-11-27-16-25(20)33-24/h2-14,16H,15H2,1H3,(H,28,29). The minimum Gasteiger partial charge on any atom is -0.497 e. The Balaban J connectivity index is 1.31. The lowest BCUT2D eigenvalue weighted by atomic mass is 10.1. The van der Waals surface area contributed by atoms with Gasteiger partial charge >= 0.3 is 0 Å². The van der Waals surface area contributed by atoms with Crippen LogP contribution in [0, 0.1) is 0 Å². The van der Waals surface area contributed by atoms with Gasteiger partial charge in [0, 0.05) is 18.1 Å². The van der Waals surface area contributed by atoms with Crippen molar-refractivity contribution < 1.29 is 22.4 Å². The molecule has 0 aliphatic heterocycles. The molecular weight excluding hydrogens is 452 g/mol. The third-order valence-electron chi connectivity index (χ3n) is 5.56. The van der Waals surface area contributed by atoms with E-state index in [0.717, 1.165) is 21.7 Å². The van der Waals surface area contributed by atoms with Crippen molar-refractivity contribution >= 4 is 37.5 Å². The van der Waals surface area contributed by atoms with Gasteiger partial charge in [-0.25, -0.2) is 8.42 Å². The van der Waals surface area contributed by atoms with Crippen LogP contribution in [0.15, 0.2) is 99.4 Å². The van der Waals surface area contributed by atoms with Crippen LogP contribution in [0.5, 0.6) is 5.75 Å². The van der Waals surface area contributed by atoms with Gasteiger partial charge in [-0.3, -0.25) is 9.78 Å². The first-order valence-electron chi connectivity index (χ1n) is 10.5. The summed E-state index contributed by atoms with van der Waals surface area (Å²) in [6.07, 6.45) is 3.18. The first-order chi connectivity index (χ1) is 16.4. The van der Waals surface area contributed by atoms with Crippen LogP contribution in [0.2, 0.25) is 0 Å². The van der Waals surface area contributed by atoms with E-state index >= 15 is 0 Å². The highest BCUT2D eigenvalue weighted by Gasteiger charge is 2.18. The zero-order chi connectivity index (χ0) is 23.7. The summed E-state index contributed by atoms with van der Waals surface area (Å²) >= 11 is 0. The number of aromatic nitrogens is 1. The Morgan fingerprint density at radius 2 is 1.65 bits per heavy atom. The molecule has 0 fully saturated rings. The number of furan rings is 1. The molecule has 3 aromatic carbocycles. The van der Waals surface area contributed by atoms with Crippen LogP contribution in [-0.4, -0.2) is 26.4 Å². The van der Waals surface area contributed by atoms with Crippen molar-refractivity contribution in [2.24, 2.45) is 0 Å². The van der Waals surface area contributed by atoms with E-state index in [1.54, 1.807) is 80.2 Å². The lowest BCUT2D eigenvalue weighted by Gasteiger charge is -2.09. The van der Waals surface area contributed by atoms with E-state index in [4.69, 9.17) is 9.15 Å². The highest BCUT2D eigenvalue weighted by Crippen LogP contribution is 2.27. The Kier molecular flexibility index (Phi) is 5.51. The van der Waals surface area contributed by atoms with Gasteiger partial charge in [-0.15, -0.1) is 0 Å². The van der Waals surface area contributed by atoms with Gasteiger partial charge in [0.05, 0.1) is 23.1 Å². The maximum atomic E-state index is 13.1. The molecule has 2 heterocycles. The van der Waals surface area contributed by atoms with Crippen LogP contribution in [0.25, 0.3) is 21.7 Å². The van der Waals surface area contributed by atoms with Gasteiger partial charge in [-0.1, -0.05) is 24.3 Å². The number of amides is 1. The molecule has 0 aliphatic carbocycles. The molecular formula is C26H20N2O5S. The van der Waals surface area contributed by atoms with E-state index in [9.17, 15) is 13.2 Å². The number of ether oxygens (including phenoxy) is 1. The molecule has 5 rings (SSSR count). The fourth-order valence-corrected chi connectivity index (χ4v) is 4.98. The summed E-state index contributed by atoms with van der Waals surface area (Å²) < 4.78 is 37.0. The van der Waals surface area contributed by atoms with E-state index in [2.05, 4.69) is 10.3 Å². The number of hydrogen-bond donors (Lipinski definition) is 1. The predicted octanol–water partition coefficient (Wildman–Crippen LogP) is 4.75. The van der Waals surface area contributed by atoms with E-state index in [1.807, 2.05) is 12.1 Å². The zero-order valence-corrected chi connectivity index (χ0v) is 19.0. The number of hydrogen-bond acceptors (Lipinski definition) is 6. The maximum Gasteiger partial charge on any atom is 0.287 e. The van der Waals surface area contributed by atoms with Gasteiger partial charge in [-0.05, 0) is 64.9 Å². The third-order valence-corrected chi connectivity index (χ3v) is 7.33. The van der Waals surface area contributed by atoms with Gasteiger partial charge in [0.2, 0.25) is 9.84 Å². The molecule has 2 aromatic heterocycles. The number of fused-ring (bicyclic) bond motifs is 2. The minimum absolute atomic E-state index is 0.181. The molecule has 7 nitrogen and oxygen atoms in total. The van der Waals surface area contributed by atoms with E-state index < -0.39 is 9.84 Å². The first kappa shape index (κ1) is 21.7. The third kappa shape index (κ3) is 4.11. The summed E-state index contributed by atoms with van der Waals surface area (Å²) in [4.78, 5) is 16.8. The molecule has 0 aliphatic rings. The summed E-state index contributed by atoms with van der Waals surface area (Å²) in [5.41, 5.74) is 1.30. The van der Waals surface area contributed by atoms with Crippen molar-refractivity contribution in [1.29, 1.82) is 0 Å². The number of benzene rings is 3. The number of pyridine rings is 1. The number of nitrogens with one attached hydrogen (secondary N) is 1. The second-order valence-corrected chi connectivity index (χ2v) is 9.68. The Bertz CT molecular complexity index is 1590. The van der Waals surface area contributed by atoms with E-state index in [-0.39, 0.29) is 28.0 Å². The summed E-state index contributed by atoms with van der Waals surface area (Å²) in [6.45, 7) is 0.228. The molecule has 0 saturated carbocycles. The Labute approximate surface area is 195 Å². The number of methoxy groups -OCH3 is 1. The quantitative estimate of drug-likeness (QED) is 0.383. The molecule has 170 valence electrons. The average molecular weight is 473 g/mol. The minimum atomic E-state index is -3.69. The smallest absolute Gasteiger partial charge is 0.287 e. The molecule has 34 heavy (non-hydrogen) atoms. The van der Waals surface area contributed by atoms with E-state index in [0.29, 0.717) is 11.3 Å². The summed E-state index contributed by atoms with van der Waals surface area (Å²) in [7, 11) is -2.10. The van der Waals surface area contributed by atoms with Crippen molar-refractivity contribution in [2.75, 3.05) is 7.11 Å². The van der Waals surface area contributed by atoms with Gasteiger partial charge in [0.15, 0.2) is 11.3 Å². The number of carbonyl (C=O) groups excluding carboxylic acids is 1. The Morgan fingerprint density at radius 1 is 0.912 bits per heavy atom. The topological polar surface area (TPSA) is 98.5 Å². The Morgan fingerprint density at radius 3 is 2.41 bits per heavy atom. The number of rotatable bonds is 6. The molecule has 8 heteroatoms. The highest BCUT2D eigenvalue weighted by atomic mass is 32.2. The fraction of sp³-hybridized carbons (Fsp3) is 0.0769. The molecule has 0 unspecified atom stereocenters. The summed E-state index contributed by atoms with van der Waals surface area (Å²) in [5, 5.41) is 5.28. The van der Waals surface area contributed by atoms with Crippen molar-refractivity contribution in [3.05, 3.63) is 96.5 Å². The van der Waals surface area contributed by atoms with Crippen LogP contribution in [0.3, 0.4) is 0 Å². The zero-order valence-electron chi connectivity index (χ0n) is 18.2. The van der Waals surface area contributed by atoms with Crippen LogP contribution >= 0.6 is 0 Å². The molecule has 0 bridgehead atoms. The normalized spacial score (nSPS) is 11.6. The van der Waals surface area contributed by atoms with Gasteiger partial charge in [-0.2, -0.15) is 0 Å². The first-order valence-corrected chi connectivity index (χ1v) is 12.0. The molecule has 0 saturated heterocycles. The van der Waals surface area contributed by atoms with Crippen molar-refractivity contribution in [3.8, 4) is 5.75 Å². The molecule has 0 atom stereocenters. The van der Waals surface area contributed by atoms with Crippen molar-refractivity contribution in [2.45, 2.75) is 16.3 Å². The second-order valence-electron chi connectivity index (χ2n) is 7.73. The van der Waals surface area contributed by atoms with Crippen LogP contribution < -0.4 is 10.1 Å². The van der Waals surface area contributed by atoms with Gasteiger partial charge in [0.25, 0.3) is 5.91 Å². The largest absolute Gasteiger partial charge is 0.497 e. The molecule has 5 aromatic rings. The Hall–Kier alpha value is -4.17. The predicted molar refractivity (Wildman–Crippen MR) is 128 cm³/mol. The van der Waals surface area contributed by atoms with Crippen LogP contribution in [0.1, 0.15) is 16.1 Å². The number of carbonyl (C=O) groups is 1. The monoisotopic (exact) mass is 472 g/mol. The van der Waals surface area contributed by atoms with Gasteiger partial charge < -0.3 is 14.5 Å². The average Bonchev–Trinajstić information content (AvgIpc) is 3.31. The van der Waals surface area contributed by atoms with Crippen LogP contribution in [-0.2, 0) is 16.4 Å². The molecule has 0 radical (unpaired) electrons. The number of nitrogens with zero attached hydrogens (tertiary/aromatic N) is 1. The summed E-state index contributed by atoms with van der Waals surface area (Å²) in [6, 6.07) is 20.4. The van der Waals surface area contributed by atoms with Crippen LogP contribution in [0.4, 0.5) is 0 Å².